The summed E-state index contributed by atoms with van der Waals surface area (Å²) in [6.07, 6.45) is 6.25. The number of nitrogens with one attached hydrogen (secondary N) is 1. The van der Waals surface area contributed by atoms with Gasteiger partial charge < -0.3 is 14.6 Å². The van der Waals surface area contributed by atoms with Crippen LogP contribution in [0.25, 0.3) is 16.5 Å². The van der Waals surface area contributed by atoms with E-state index in [1.807, 2.05) is 42.5 Å². The molecule has 4 saturated carbocycles. The van der Waals surface area contributed by atoms with Crippen molar-refractivity contribution in [2.75, 3.05) is 30.1 Å². The number of carboxylic acid groups (broad SMARTS) is 1. The number of amides is 1. The van der Waals surface area contributed by atoms with E-state index in [0.717, 1.165) is 23.4 Å². The fourth-order valence-electron chi connectivity index (χ4n) is 8.66. The second kappa shape index (κ2) is 11.0. The van der Waals surface area contributed by atoms with Crippen molar-refractivity contribution in [2.24, 2.45) is 23.7 Å². The van der Waals surface area contributed by atoms with Gasteiger partial charge in [0.2, 0.25) is 10.0 Å². The van der Waals surface area contributed by atoms with Crippen molar-refractivity contribution in [3.8, 4) is 17.2 Å². The first kappa shape index (κ1) is 30.1. The van der Waals surface area contributed by atoms with Crippen molar-refractivity contribution >= 4 is 44.0 Å². The minimum atomic E-state index is -3.87. The summed E-state index contributed by atoms with van der Waals surface area (Å²) in [5.74, 6) is -1.20. The lowest BCUT2D eigenvalue weighted by atomic mass is 9.48. The van der Waals surface area contributed by atoms with Crippen LogP contribution in [0, 0.1) is 23.7 Å². The number of aliphatic carboxylic acids is 1. The molecule has 0 atom stereocenters. The van der Waals surface area contributed by atoms with Crippen LogP contribution in [0.1, 0.15) is 42.6 Å². The molecule has 1 heterocycles. The molecule has 240 valence electrons. The number of hydrogen-bond acceptors (Lipinski definition) is 7. The topological polar surface area (TPSA) is 140 Å². The minimum absolute atomic E-state index is 0.0661. The van der Waals surface area contributed by atoms with Crippen LogP contribution in [0.15, 0.2) is 66.9 Å². The Morgan fingerprint density at radius 3 is 2.09 bits per heavy atom. The van der Waals surface area contributed by atoms with Crippen LogP contribution in [-0.4, -0.2) is 61.2 Å². The Bertz CT molecular complexity index is 1920. The molecule has 12 heteroatoms. The number of carbonyl (C=O) groups is 2. The van der Waals surface area contributed by atoms with Gasteiger partial charge in [-0.2, -0.15) is 5.10 Å². The van der Waals surface area contributed by atoms with Crippen molar-refractivity contribution in [1.29, 1.82) is 0 Å². The van der Waals surface area contributed by atoms with Gasteiger partial charge in [0.15, 0.2) is 11.2 Å². The lowest BCUT2D eigenvalue weighted by molar-refractivity contribution is -0.159. The van der Waals surface area contributed by atoms with Gasteiger partial charge in [-0.1, -0.05) is 42.5 Å². The summed E-state index contributed by atoms with van der Waals surface area (Å²) in [6, 6.07) is 18.3. The standard InChI is InChI=1S/C34H36N4O7S/c1-44-28-12-7-13-29(45-2)31(28)38(34(33(40)41)23-15-20-14-21(17-23)18-24(34)16-20)32(39)30-26(36-46(3,42)43)19-37(35-30)27-11-6-9-22-8-4-5-10-25(22)27/h4-13,19-21,23-24,36H,14-18H2,1-3H3,(H,40,41). The Morgan fingerprint density at radius 2 is 1.50 bits per heavy atom. The molecule has 0 aliphatic heterocycles. The third-order valence-corrected chi connectivity index (χ3v) is 10.7. The first-order valence-corrected chi connectivity index (χ1v) is 17.3. The van der Waals surface area contributed by atoms with Crippen LogP contribution in [-0.2, 0) is 14.8 Å². The second-order valence-corrected chi connectivity index (χ2v) is 14.5. The average Bonchev–Trinajstić information content (AvgIpc) is 3.43. The quantitative estimate of drug-likeness (QED) is 0.249. The van der Waals surface area contributed by atoms with E-state index in [2.05, 4.69) is 4.72 Å². The molecule has 0 spiro atoms. The Labute approximate surface area is 267 Å². The highest BCUT2D eigenvalue weighted by Crippen LogP contribution is 2.62. The first-order chi connectivity index (χ1) is 22.0. The molecule has 4 bridgehead atoms. The minimum Gasteiger partial charge on any atom is -0.494 e. The third-order valence-electron chi connectivity index (χ3n) is 10.1. The van der Waals surface area contributed by atoms with Crippen LogP contribution in [0.5, 0.6) is 11.5 Å². The summed E-state index contributed by atoms with van der Waals surface area (Å²) < 4.78 is 40.7. The van der Waals surface area contributed by atoms with Gasteiger partial charge in [0, 0.05) is 5.39 Å². The van der Waals surface area contributed by atoms with Crippen molar-refractivity contribution in [1.82, 2.24) is 9.78 Å². The molecule has 46 heavy (non-hydrogen) atoms. The maximum Gasteiger partial charge on any atom is 0.330 e. The van der Waals surface area contributed by atoms with E-state index in [9.17, 15) is 18.3 Å². The highest BCUT2D eigenvalue weighted by atomic mass is 32.2. The predicted octanol–water partition coefficient (Wildman–Crippen LogP) is 5.34. The largest absolute Gasteiger partial charge is 0.494 e. The van der Waals surface area contributed by atoms with Gasteiger partial charge in [0.25, 0.3) is 5.91 Å². The number of methoxy groups -OCH3 is 2. The maximum absolute atomic E-state index is 15.3. The number of carbonyl (C=O) groups excluding carboxylic acids is 1. The van der Waals surface area contributed by atoms with Crippen LogP contribution < -0.4 is 19.1 Å². The molecular weight excluding hydrogens is 608 g/mol. The van der Waals surface area contributed by atoms with E-state index in [4.69, 9.17) is 14.6 Å². The van der Waals surface area contributed by atoms with Gasteiger partial charge in [-0.25, -0.2) is 17.9 Å². The molecule has 8 rings (SSSR count). The molecule has 2 N–H and O–H groups in total. The average molecular weight is 645 g/mol. The lowest BCUT2D eigenvalue weighted by Gasteiger charge is -2.62. The van der Waals surface area contributed by atoms with Gasteiger partial charge in [-0.05, 0) is 79.4 Å². The number of para-hydroxylation sites is 1. The number of ether oxygens (including phenoxy) is 2. The van der Waals surface area contributed by atoms with E-state index in [0.29, 0.717) is 43.2 Å². The van der Waals surface area contributed by atoms with E-state index in [-0.39, 0.29) is 40.4 Å². The Kier molecular flexibility index (Phi) is 7.22. The van der Waals surface area contributed by atoms with Gasteiger partial charge in [0.1, 0.15) is 22.9 Å². The van der Waals surface area contributed by atoms with Crippen molar-refractivity contribution in [3.05, 3.63) is 72.6 Å². The molecule has 0 radical (unpaired) electrons. The summed E-state index contributed by atoms with van der Waals surface area (Å²) in [6.45, 7) is 0. The number of aromatic nitrogens is 2. The molecule has 4 aromatic rings. The molecule has 1 amide bonds. The third kappa shape index (κ3) is 4.69. The van der Waals surface area contributed by atoms with E-state index < -0.39 is 27.4 Å². The van der Waals surface area contributed by atoms with Crippen molar-refractivity contribution in [3.63, 3.8) is 0 Å². The van der Waals surface area contributed by atoms with Crippen molar-refractivity contribution < 1.29 is 32.6 Å². The SMILES string of the molecule is COc1cccc(OC)c1N(C(=O)c1nn(-c2cccc3ccccc23)cc1NS(C)(=O)=O)C1(C(=O)O)C2CC3CC(C2)CC1C3. The van der Waals surface area contributed by atoms with E-state index in [1.165, 1.54) is 30.0 Å². The van der Waals surface area contributed by atoms with E-state index >= 15 is 4.79 Å². The molecule has 11 nitrogen and oxygen atoms in total. The number of carboxylic acids is 1. The summed E-state index contributed by atoms with van der Waals surface area (Å²) in [4.78, 5) is 30.4. The predicted molar refractivity (Wildman–Crippen MR) is 173 cm³/mol. The summed E-state index contributed by atoms with van der Waals surface area (Å²) >= 11 is 0. The molecule has 4 fully saturated rings. The fourth-order valence-corrected chi connectivity index (χ4v) is 9.21. The zero-order valence-corrected chi connectivity index (χ0v) is 26.7. The lowest BCUT2D eigenvalue weighted by Crippen LogP contribution is -2.71. The molecule has 0 unspecified atom stereocenters. The van der Waals surface area contributed by atoms with Crippen LogP contribution in [0.4, 0.5) is 11.4 Å². The second-order valence-electron chi connectivity index (χ2n) is 12.8. The molecule has 0 saturated heterocycles. The zero-order chi connectivity index (χ0) is 32.4. The fraction of sp³-hybridized carbons (Fsp3) is 0.382. The molecule has 4 aliphatic carbocycles. The number of fused-ring (bicyclic) bond motifs is 1. The smallest absolute Gasteiger partial charge is 0.330 e. The summed E-state index contributed by atoms with van der Waals surface area (Å²) in [7, 11) is -0.962. The Balaban J connectivity index is 1.49. The number of benzene rings is 3. The summed E-state index contributed by atoms with van der Waals surface area (Å²) in [5.41, 5.74) is -1.14. The number of nitrogens with zero attached hydrogens (tertiary/aromatic N) is 3. The molecular formula is C34H36N4O7S. The highest BCUT2D eigenvalue weighted by molar-refractivity contribution is 7.92. The maximum atomic E-state index is 15.3. The van der Waals surface area contributed by atoms with Gasteiger partial charge >= 0.3 is 5.97 Å². The zero-order valence-electron chi connectivity index (χ0n) is 25.8. The van der Waals surface area contributed by atoms with Gasteiger partial charge in [-0.15, -0.1) is 0 Å². The summed E-state index contributed by atoms with van der Waals surface area (Å²) in [5, 5.41) is 17.8. The first-order valence-electron chi connectivity index (χ1n) is 15.4. The molecule has 1 aromatic heterocycles. The number of rotatable bonds is 9. The van der Waals surface area contributed by atoms with Crippen LogP contribution in [0.3, 0.4) is 0 Å². The Hall–Kier alpha value is -4.58. The van der Waals surface area contributed by atoms with E-state index in [1.54, 1.807) is 18.2 Å². The molecule has 3 aromatic carbocycles. The van der Waals surface area contributed by atoms with Crippen LogP contribution >= 0.6 is 0 Å². The van der Waals surface area contributed by atoms with Crippen LogP contribution in [0.2, 0.25) is 0 Å². The van der Waals surface area contributed by atoms with Crippen molar-refractivity contribution in [2.45, 2.75) is 37.6 Å². The number of anilines is 2. The van der Waals surface area contributed by atoms with Gasteiger partial charge in [0.05, 0.1) is 32.4 Å². The molecule has 4 aliphatic rings. The monoisotopic (exact) mass is 644 g/mol. The highest BCUT2D eigenvalue weighted by Gasteiger charge is 2.66. The number of sulfonamides is 1. The Morgan fingerprint density at radius 1 is 0.913 bits per heavy atom. The normalized spacial score (nSPS) is 24.9. The van der Waals surface area contributed by atoms with Gasteiger partial charge in [-0.3, -0.25) is 14.4 Å². The number of hydrogen-bond donors (Lipinski definition) is 2.